The van der Waals surface area contributed by atoms with E-state index in [1.165, 1.54) is 11.9 Å². The van der Waals surface area contributed by atoms with Gasteiger partial charge in [-0.05, 0) is 7.05 Å². The first-order valence-electron chi connectivity index (χ1n) is 12.4. The largest absolute Gasteiger partial charge is 0.480 e. The molecule has 0 aromatic carbocycles. The van der Waals surface area contributed by atoms with Crippen molar-refractivity contribution in [3.05, 3.63) is 33.1 Å². The van der Waals surface area contributed by atoms with Gasteiger partial charge in [0.25, 0.3) is 5.56 Å². The Morgan fingerprint density at radius 3 is 2.35 bits per heavy atom. The molecule has 4 rings (SSSR count). The van der Waals surface area contributed by atoms with Crippen LogP contribution in [0.5, 0.6) is 0 Å². The van der Waals surface area contributed by atoms with Gasteiger partial charge in [-0.25, -0.2) is 9.59 Å². The molecule has 0 saturated carbocycles. The molecule has 0 aliphatic carbocycles. The van der Waals surface area contributed by atoms with Crippen LogP contribution in [0.2, 0.25) is 0 Å². The maximum Gasteiger partial charge on any atom is 0.330 e. The molecule has 4 heterocycles. The van der Waals surface area contributed by atoms with Crippen LogP contribution < -0.4 is 17.0 Å². The van der Waals surface area contributed by atoms with Crippen LogP contribution in [0.15, 0.2) is 21.9 Å². The maximum atomic E-state index is 13.6. The third-order valence-electron chi connectivity index (χ3n) is 7.46. The van der Waals surface area contributed by atoms with Crippen molar-refractivity contribution in [1.82, 2.24) is 19.4 Å². The number of H-pyrrole nitrogens is 1. The molecule has 0 radical (unpaired) electrons. The molecule has 3 aliphatic rings. The van der Waals surface area contributed by atoms with Crippen molar-refractivity contribution >= 4 is 11.9 Å². The minimum Gasteiger partial charge on any atom is -0.480 e. The Morgan fingerprint density at radius 2 is 1.77 bits per heavy atom. The SMILES string of the molecule is CN1C[C@H](O)C(C(=O)O)N(C)C(=O)C1[C@H](OC1O[C@H](CN)C(O)C1O)C1O[C@@H](n2ccc(=O)[nH]c2=O)C(O)C1O. The summed E-state index contributed by atoms with van der Waals surface area (Å²) in [5.41, 5.74) is 3.87. The Morgan fingerprint density at radius 1 is 1.10 bits per heavy atom. The summed E-state index contributed by atoms with van der Waals surface area (Å²) in [6.07, 6.45) is -14.8. The van der Waals surface area contributed by atoms with Crippen LogP contribution in [0.4, 0.5) is 0 Å². The smallest absolute Gasteiger partial charge is 0.330 e. The zero-order chi connectivity index (χ0) is 29.6. The highest BCUT2D eigenvalue weighted by Gasteiger charge is 2.56. The second kappa shape index (κ2) is 11.6. The topological polar surface area (TPSA) is 271 Å². The molecule has 1 aromatic heterocycles. The molecule has 40 heavy (non-hydrogen) atoms. The number of aromatic amines is 1. The van der Waals surface area contributed by atoms with Crippen LogP contribution in [-0.4, -0.2) is 156 Å². The number of nitrogens with zero attached hydrogens (tertiary/aromatic N) is 3. The number of carboxylic acids is 1. The molecular weight excluding hydrogens is 542 g/mol. The van der Waals surface area contributed by atoms with Gasteiger partial charge in [0.15, 0.2) is 18.6 Å². The number of carbonyl (C=O) groups is 2. The van der Waals surface area contributed by atoms with Crippen molar-refractivity contribution in [1.29, 1.82) is 0 Å². The first-order valence-corrected chi connectivity index (χ1v) is 12.4. The van der Waals surface area contributed by atoms with E-state index in [-0.39, 0.29) is 13.1 Å². The van der Waals surface area contributed by atoms with E-state index in [2.05, 4.69) is 0 Å². The normalized spacial score (nSPS) is 39.9. The molecule has 0 spiro atoms. The number of aliphatic hydroxyl groups is 5. The van der Waals surface area contributed by atoms with Gasteiger partial charge in [-0.2, -0.15) is 0 Å². The fourth-order valence-corrected chi connectivity index (χ4v) is 5.35. The summed E-state index contributed by atoms with van der Waals surface area (Å²) in [6.45, 7) is -0.577. The number of amides is 1. The van der Waals surface area contributed by atoms with Crippen molar-refractivity contribution in [2.45, 2.75) is 73.4 Å². The second-order valence-corrected chi connectivity index (χ2v) is 10.0. The summed E-state index contributed by atoms with van der Waals surface area (Å²) >= 11 is 0. The van der Waals surface area contributed by atoms with Crippen molar-refractivity contribution in [2.24, 2.45) is 5.73 Å². The molecule has 0 bridgehead atoms. The van der Waals surface area contributed by atoms with Gasteiger partial charge < -0.3 is 55.5 Å². The lowest BCUT2D eigenvalue weighted by atomic mass is 9.97. The van der Waals surface area contributed by atoms with Gasteiger partial charge >= 0.3 is 11.7 Å². The second-order valence-electron chi connectivity index (χ2n) is 10.0. The number of aliphatic carboxylic acids is 1. The molecule has 12 atom stereocenters. The minimum atomic E-state index is -1.84. The molecule has 3 fully saturated rings. The van der Waals surface area contributed by atoms with E-state index >= 15 is 0 Å². The zero-order valence-corrected chi connectivity index (χ0v) is 21.5. The number of ether oxygens (including phenoxy) is 3. The standard InChI is InChI=1S/C22H33N5O13/c1-25-6-7(28)10(20(35)36)26(2)18(34)11(25)16(40-21-15(33)12(30)8(5-23)38-21)17-13(31)14(32)19(39-17)27-4-3-9(29)24-22(27)37/h3-4,7-8,10-17,19,21,28,30-33H,5-6,23H2,1-2H3,(H,35,36)(H,24,29,37)/t7-,8+,10?,11?,12?,13?,14?,15?,16-,17?,19+,21?/m0/s1. The number of hydrogen-bond acceptors (Lipinski definition) is 14. The summed E-state index contributed by atoms with van der Waals surface area (Å²) in [4.78, 5) is 53.4. The fourth-order valence-electron chi connectivity index (χ4n) is 5.35. The molecule has 1 amide bonds. The van der Waals surface area contributed by atoms with E-state index in [1.54, 1.807) is 0 Å². The van der Waals surface area contributed by atoms with Gasteiger partial charge in [0.1, 0.15) is 48.8 Å². The molecule has 8 unspecified atom stereocenters. The monoisotopic (exact) mass is 575 g/mol. The molecular formula is C22H33N5O13. The predicted octanol–water partition coefficient (Wildman–Crippen LogP) is -6.47. The number of aliphatic hydroxyl groups excluding tert-OH is 5. The van der Waals surface area contributed by atoms with E-state index in [4.69, 9.17) is 19.9 Å². The molecule has 18 nitrogen and oxygen atoms in total. The van der Waals surface area contributed by atoms with Gasteiger partial charge in [0.05, 0.1) is 6.10 Å². The summed E-state index contributed by atoms with van der Waals surface area (Å²) in [5.74, 6) is -2.38. The van der Waals surface area contributed by atoms with Crippen molar-refractivity contribution in [3.63, 3.8) is 0 Å². The number of rotatable bonds is 7. The molecule has 9 N–H and O–H groups in total. The number of carboxylic acid groups (broad SMARTS) is 1. The Hall–Kier alpha value is -2.78. The van der Waals surface area contributed by atoms with Gasteiger partial charge in [-0.15, -0.1) is 0 Å². The number of likely N-dealkylation sites (N-methyl/N-ethyl adjacent to an activating group) is 2. The summed E-state index contributed by atoms with van der Waals surface area (Å²) in [5, 5.41) is 62.8. The Balaban J connectivity index is 1.75. The third kappa shape index (κ3) is 5.30. The minimum absolute atomic E-state index is 0.210. The lowest BCUT2D eigenvalue weighted by molar-refractivity contribution is -0.233. The molecule has 3 aliphatic heterocycles. The van der Waals surface area contributed by atoms with Crippen molar-refractivity contribution < 1.29 is 54.4 Å². The quantitative estimate of drug-likeness (QED) is 0.150. The highest BCUT2D eigenvalue weighted by Crippen LogP contribution is 2.36. The summed E-state index contributed by atoms with van der Waals surface area (Å²) in [6, 6.07) is -2.18. The predicted molar refractivity (Wildman–Crippen MR) is 128 cm³/mol. The number of nitrogens with two attached hydrogens (primary N) is 1. The summed E-state index contributed by atoms with van der Waals surface area (Å²) < 4.78 is 18.1. The lowest BCUT2D eigenvalue weighted by Crippen LogP contribution is -2.59. The first kappa shape index (κ1) is 30.2. The van der Waals surface area contributed by atoms with E-state index in [9.17, 15) is 49.8 Å². The van der Waals surface area contributed by atoms with E-state index in [1.807, 2.05) is 4.98 Å². The molecule has 3 saturated heterocycles. The lowest BCUT2D eigenvalue weighted by Gasteiger charge is -2.38. The molecule has 1 aromatic rings. The van der Waals surface area contributed by atoms with Crippen LogP contribution in [0, 0.1) is 0 Å². The third-order valence-corrected chi connectivity index (χ3v) is 7.46. The highest BCUT2D eigenvalue weighted by molar-refractivity contribution is 5.88. The zero-order valence-electron chi connectivity index (χ0n) is 21.5. The van der Waals surface area contributed by atoms with E-state index in [0.29, 0.717) is 0 Å². The van der Waals surface area contributed by atoms with Crippen LogP contribution in [-0.2, 0) is 23.8 Å². The number of nitrogens with one attached hydrogen (secondary N) is 1. The van der Waals surface area contributed by atoms with Crippen molar-refractivity contribution in [3.8, 4) is 0 Å². The van der Waals surface area contributed by atoms with Crippen LogP contribution >= 0.6 is 0 Å². The number of β-amino-alcohol motifs (C(OH)–C–C–N with tert-alkyl or cyclic N) is 1. The number of aromatic nitrogens is 2. The van der Waals surface area contributed by atoms with E-state index in [0.717, 1.165) is 28.8 Å². The van der Waals surface area contributed by atoms with Crippen LogP contribution in [0.25, 0.3) is 0 Å². The van der Waals surface area contributed by atoms with Crippen LogP contribution in [0.1, 0.15) is 6.23 Å². The molecule has 224 valence electrons. The maximum absolute atomic E-state index is 13.6. The van der Waals surface area contributed by atoms with Gasteiger partial charge in [0, 0.05) is 32.4 Å². The van der Waals surface area contributed by atoms with Gasteiger partial charge in [0.2, 0.25) is 5.91 Å². The van der Waals surface area contributed by atoms with Gasteiger partial charge in [-0.1, -0.05) is 0 Å². The Bertz CT molecular complexity index is 1210. The fraction of sp³-hybridized carbons (Fsp3) is 0.727. The molecule has 18 heteroatoms. The average molecular weight is 576 g/mol. The Kier molecular flexibility index (Phi) is 8.76. The van der Waals surface area contributed by atoms with E-state index < -0.39 is 96.6 Å². The van der Waals surface area contributed by atoms with Crippen LogP contribution in [0.3, 0.4) is 0 Å². The van der Waals surface area contributed by atoms with Crippen molar-refractivity contribution in [2.75, 3.05) is 27.2 Å². The first-order chi connectivity index (χ1) is 18.8. The van der Waals surface area contributed by atoms with Gasteiger partial charge in [-0.3, -0.25) is 24.0 Å². The number of carbonyl (C=O) groups excluding carboxylic acids is 1. The highest BCUT2D eigenvalue weighted by atomic mass is 16.7. The summed E-state index contributed by atoms with van der Waals surface area (Å²) in [7, 11) is 2.51. The number of hydrogen-bond donors (Lipinski definition) is 8. The average Bonchev–Trinajstić information content (AvgIpc) is 3.29. The Labute approximate surface area is 225 Å².